The molecular weight excluding hydrogens is 263 g/mol. The zero-order valence-corrected chi connectivity index (χ0v) is 10.9. The minimum absolute atomic E-state index is 0.0769. The Morgan fingerprint density at radius 2 is 1.94 bits per heavy atom. The van der Waals surface area contributed by atoms with Crippen LogP contribution in [0, 0.1) is 0 Å². The van der Waals surface area contributed by atoms with Crippen LogP contribution in [0.4, 0.5) is 13.2 Å². The molecule has 0 radical (unpaired) electrons. The van der Waals surface area contributed by atoms with Crippen molar-refractivity contribution in [2.45, 2.75) is 31.3 Å². The third-order valence-corrected chi connectivity index (χ3v) is 3.76. The summed E-state index contributed by atoms with van der Waals surface area (Å²) in [4.78, 5) is 0. The molecule has 0 bridgehead atoms. The highest BCUT2D eigenvalue weighted by Crippen LogP contribution is 2.32. The van der Waals surface area contributed by atoms with E-state index >= 15 is 0 Å². The van der Waals surface area contributed by atoms with Crippen LogP contribution in [0.25, 0.3) is 0 Å². The van der Waals surface area contributed by atoms with E-state index in [1.807, 2.05) is 0 Å². The van der Waals surface area contributed by atoms with Gasteiger partial charge in [0.25, 0.3) is 0 Å². The van der Waals surface area contributed by atoms with Gasteiger partial charge in [-0.25, -0.2) is 0 Å². The number of hydrogen-bond acceptors (Lipinski definition) is 2. The highest BCUT2D eigenvalue weighted by Gasteiger charge is 2.33. The van der Waals surface area contributed by atoms with E-state index in [1.165, 1.54) is 18.2 Å². The highest BCUT2D eigenvalue weighted by molar-refractivity contribution is 7.84. The van der Waals surface area contributed by atoms with E-state index in [9.17, 15) is 17.4 Å². The largest absolute Gasteiger partial charge is 0.416 e. The van der Waals surface area contributed by atoms with Gasteiger partial charge < -0.3 is 5.73 Å². The van der Waals surface area contributed by atoms with Crippen LogP contribution in [-0.2, 0) is 22.7 Å². The topological polar surface area (TPSA) is 43.1 Å². The zero-order valence-electron chi connectivity index (χ0n) is 10.0. The summed E-state index contributed by atoms with van der Waals surface area (Å²) in [6, 6.07) is 5.14. The summed E-state index contributed by atoms with van der Waals surface area (Å²) in [7, 11) is -1.32. The van der Waals surface area contributed by atoms with Gasteiger partial charge in [0.1, 0.15) is 0 Å². The van der Waals surface area contributed by atoms with Crippen molar-refractivity contribution in [3.63, 3.8) is 0 Å². The van der Waals surface area contributed by atoms with E-state index in [0.717, 1.165) is 6.07 Å². The van der Waals surface area contributed by atoms with E-state index < -0.39 is 22.5 Å². The van der Waals surface area contributed by atoms with Crippen LogP contribution in [0.3, 0.4) is 0 Å². The molecule has 2 unspecified atom stereocenters. The molecule has 18 heavy (non-hydrogen) atoms. The molecule has 0 heterocycles. The van der Waals surface area contributed by atoms with Crippen LogP contribution in [0.1, 0.15) is 24.5 Å². The molecule has 1 rings (SSSR count). The van der Waals surface area contributed by atoms with E-state index in [-0.39, 0.29) is 17.4 Å². The zero-order chi connectivity index (χ0) is 13.8. The summed E-state index contributed by atoms with van der Waals surface area (Å²) in [5, 5.41) is 0. The predicted molar refractivity (Wildman–Crippen MR) is 66.4 cm³/mol. The molecule has 0 fully saturated rings. The lowest BCUT2D eigenvalue weighted by atomic mass is 10.1. The van der Waals surface area contributed by atoms with Gasteiger partial charge in [-0.05, 0) is 25.0 Å². The Bertz CT molecular complexity index is 418. The van der Waals surface area contributed by atoms with Gasteiger partial charge in [-0.15, -0.1) is 0 Å². The van der Waals surface area contributed by atoms with Crippen LogP contribution >= 0.6 is 0 Å². The van der Waals surface area contributed by atoms with Crippen LogP contribution in [0.15, 0.2) is 24.3 Å². The fourth-order valence-corrected chi connectivity index (χ4v) is 2.86. The Balaban J connectivity index is 2.76. The molecule has 1 aromatic rings. The summed E-state index contributed by atoms with van der Waals surface area (Å²) in [6.07, 6.45) is -3.86. The van der Waals surface area contributed by atoms with Crippen LogP contribution < -0.4 is 5.73 Å². The standard InChI is InChI=1S/C12H16F3NOS/c1-9(16)6-7-18(17)8-10-4-2-3-5-11(10)12(13,14)15/h2-5,9H,6-8,16H2,1H3. The van der Waals surface area contributed by atoms with Gasteiger partial charge in [0.15, 0.2) is 0 Å². The second-order valence-corrected chi connectivity index (χ2v) is 5.79. The van der Waals surface area contributed by atoms with E-state index in [0.29, 0.717) is 12.2 Å². The minimum Gasteiger partial charge on any atom is -0.328 e. The molecular formula is C12H16F3NOS. The maximum atomic E-state index is 12.7. The maximum absolute atomic E-state index is 12.7. The summed E-state index contributed by atoms with van der Waals surface area (Å²) in [5.74, 6) is 0.242. The summed E-state index contributed by atoms with van der Waals surface area (Å²) in [6.45, 7) is 1.78. The first kappa shape index (κ1) is 15.2. The van der Waals surface area contributed by atoms with Crippen molar-refractivity contribution in [2.75, 3.05) is 5.75 Å². The van der Waals surface area contributed by atoms with Gasteiger partial charge in [-0.2, -0.15) is 13.2 Å². The predicted octanol–water partition coefficient (Wildman–Crippen LogP) is 2.69. The van der Waals surface area contributed by atoms with Crippen LogP contribution in [-0.4, -0.2) is 16.0 Å². The molecule has 0 spiro atoms. The van der Waals surface area contributed by atoms with Crippen molar-refractivity contribution in [2.24, 2.45) is 5.73 Å². The molecule has 102 valence electrons. The molecule has 2 atom stereocenters. The molecule has 1 aromatic carbocycles. The average Bonchev–Trinajstić information content (AvgIpc) is 2.25. The Morgan fingerprint density at radius 3 is 2.50 bits per heavy atom. The lowest BCUT2D eigenvalue weighted by molar-refractivity contribution is -0.138. The molecule has 0 aliphatic carbocycles. The molecule has 6 heteroatoms. The van der Waals surface area contributed by atoms with Gasteiger partial charge >= 0.3 is 6.18 Å². The number of alkyl halides is 3. The van der Waals surface area contributed by atoms with Gasteiger partial charge in [0.05, 0.1) is 5.56 Å². The maximum Gasteiger partial charge on any atom is 0.416 e. The number of hydrogen-bond donors (Lipinski definition) is 1. The minimum atomic E-state index is -4.40. The summed E-state index contributed by atoms with van der Waals surface area (Å²) >= 11 is 0. The first-order valence-corrected chi connectivity index (χ1v) is 7.05. The smallest absolute Gasteiger partial charge is 0.328 e. The SMILES string of the molecule is CC(N)CCS(=O)Cc1ccccc1C(F)(F)F. The number of benzene rings is 1. The number of halogens is 3. The van der Waals surface area contributed by atoms with Crippen molar-refractivity contribution in [3.05, 3.63) is 35.4 Å². The Labute approximate surface area is 107 Å². The van der Waals surface area contributed by atoms with Gasteiger partial charge in [-0.1, -0.05) is 18.2 Å². The summed E-state index contributed by atoms with van der Waals surface area (Å²) in [5.41, 5.74) is 4.89. The highest BCUT2D eigenvalue weighted by atomic mass is 32.2. The second-order valence-electron chi connectivity index (χ2n) is 4.21. The monoisotopic (exact) mass is 279 g/mol. The molecule has 0 aromatic heterocycles. The third-order valence-electron chi connectivity index (χ3n) is 2.44. The first-order valence-electron chi connectivity index (χ1n) is 5.56. The quantitative estimate of drug-likeness (QED) is 0.900. The number of nitrogens with two attached hydrogens (primary N) is 1. The van der Waals surface area contributed by atoms with Crippen molar-refractivity contribution in [1.29, 1.82) is 0 Å². The molecule has 0 aliphatic rings. The Kier molecular flexibility index (Phi) is 5.34. The van der Waals surface area contributed by atoms with E-state index in [1.54, 1.807) is 6.92 Å². The second kappa shape index (κ2) is 6.33. The fourth-order valence-electron chi connectivity index (χ4n) is 1.49. The lowest BCUT2D eigenvalue weighted by Crippen LogP contribution is -2.19. The van der Waals surface area contributed by atoms with Crippen molar-refractivity contribution in [3.8, 4) is 0 Å². The molecule has 0 saturated heterocycles. The molecule has 2 nitrogen and oxygen atoms in total. The molecule has 0 aliphatic heterocycles. The fraction of sp³-hybridized carbons (Fsp3) is 0.500. The first-order chi connectivity index (χ1) is 8.30. The Hall–Kier alpha value is -0.880. The van der Waals surface area contributed by atoms with Gasteiger partial charge in [0.2, 0.25) is 0 Å². The van der Waals surface area contributed by atoms with Crippen molar-refractivity contribution < 1.29 is 17.4 Å². The molecule has 0 saturated carbocycles. The van der Waals surface area contributed by atoms with Gasteiger partial charge in [-0.3, -0.25) is 4.21 Å². The third kappa shape index (κ3) is 4.78. The van der Waals surface area contributed by atoms with Crippen LogP contribution in [0.2, 0.25) is 0 Å². The Morgan fingerprint density at radius 1 is 1.33 bits per heavy atom. The lowest BCUT2D eigenvalue weighted by Gasteiger charge is -2.12. The van der Waals surface area contributed by atoms with Crippen molar-refractivity contribution >= 4 is 10.8 Å². The molecule has 2 N–H and O–H groups in total. The van der Waals surface area contributed by atoms with Crippen molar-refractivity contribution in [1.82, 2.24) is 0 Å². The normalized spacial score (nSPS) is 15.4. The molecule has 0 amide bonds. The summed E-state index contributed by atoms with van der Waals surface area (Å²) < 4.78 is 49.8. The van der Waals surface area contributed by atoms with Gasteiger partial charge in [0, 0.05) is 28.3 Å². The van der Waals surface area contributed by atoms with Crippen LogP contribution in [0.5, 0.6) is 0 Å². The number of rotatable bonds is 5. The average molecular weight is 279 g/mol. The van der Waals surface area contributed by atoms with E-state index in [2.05, 4.69) is 0 Å². The van der Waals surface area contributed by atoms with E-state index in [4.69, 9.17) is 5.73 Å².